The van der Waals surface area contributed by atoms with E-state index in [9.17, 15) is 0 Å². The predicted octanol–water partition coefficient (Wildman–Crippen LogP) is 1.80. The summed E-state index contributed by atoms with van der Waals surface area (Å²) in [5.74, 6) is 0. The average Bonchev–Trinajstić information content (AvgIpc) is 2.58. The second-order valence-corrected chi connectivity index (χ2v) is 7.46. The summed E-state index contributed by atoms with van der Waals surface area (Å²) in [6.07, 6.45) is 0. The van der Waals surface area contributed by atoms with Crippen molar-refractivity contribution in [2.24, 2.45) is 0 Å². The van der Waals surface area contributed by atoms with E-state index in [-0.39, 0.29) is 21.1 Å². The van der Waals surface area contributed by atoms with Gasteiger partial charge in [-0.15, -0.1) is 0 Å². The Morgan fingerprint density at radius 2 is 0.880 bits per heavy atom. The molecule has 0 aromatic heterocycles. The maximum Gasteiger partial charge on any atom is 2.00 e. The molecular weight excluding hydrogens is 568 g/mol. The maximum absolute atomic E-state index is 8.78. The number of hydrogen-bond acceptors (Lipinski definition) is 2. The standard InChI is InChI=1S/2C9H7NS2.Pt/c2*10-6-8(9(11)12)7-4-2-1-3-5-7;/h2*1-5,11-12H;/q;;+2/p+4. The van der Waals surface area contributed by atoms with Crippen LogP contribution in [0, 0.1) is 22.7 Å². The number of nitrogens with zero attached hydrogens (tertiary/aromatic N) is 2. The molecule has 0 unspecified atom stereocenters. The van der Waals surface area contributed by atoms with Gasteiger partial charge in [-0.2, -0.15) is 10.5 Å². The first-order valence-electron chi connectivity index (χ1n) is 6.77. The van der Waals surface area contributed by atoms with Crippen LogP contribution >= 0.6 is 0 Å². The zero-order valence-corrected chi connectivity index (χ0v) is 19.3. The Morgan fingerprint density at radius 3 is 1.08 bits per heavy atom. The van der Waals surface area contributed by atoms with Gasteiger partial charge >= 0.3 is 29.5 Å². The molecule has 0 fully saturated rings. The van der Waals surface area contributed by atoms with E-state index in [0.29, 0.717) is 19.6 Å². The molecule has 0 heterocycles. The largest absolute Gasteiger partial charge is 2.00 e. The van der Waals surface area contributed by atoms with E-state index in [2.05, 4.69) is 62.7 Å². The van der Waals surface area contributed by atoms with Crippen molar-refractivity contribution in [3.05, 3.63) is 80.3 Å². The molecule has 25 heavy (non-hydrogen) atoms. The Kier molecular flexibility index (Phi) is 12.7. The molecular formula is C18H18N2PtS4+6. The molecule has 0 amide bonds. The van der Waals surface area contributed by atoms with Gasteiger partial charge in [-0.3, -0.25) is 0 Å². The predicted molar refractivity (Wildman–Crippen MR) is 119 cm³/mol. The van der Waals surface area contributed by atoms with Crippen LogP contribution in [0.2, 0.25) is 0 Å². The van der Waals surface area contributed by atoms with Crippen LogP contribution in [0.1, 0.15) is 11.1 Å². The zero-order valence-electron chi connectivity index (χ0n) is 13.0. The summed E-state index contributed by atoms with van der Waals surface area (Å²) >= 11 is 13.0. The minimum Gasteiger partial charge on any atom is -0.192 e. The van der Waals surface area contributed by atoms with Gasteiger partial charge in [-0.25, -0.2) is 0 Å². The van der Waals surface area contributed by atoms with E-state index in [4.69, 9.17) is 10.5 Å². The summed E-state index contributed by atoms with van der Waals surface area (Å²) in [5, 5.41) is 17.6. The first kappa shape index (κ1) is 24.0. The zero-order chi connectivity index (χ0) is 17.9. The van der Waals surface area contributed by atoms with Crippen molar-refractivity contribution in [1.82, 2.24) is 0 Å². The van der Waals surface area contributed by atoms with E-state index < -0.39 is 0 Å². The van der Waals surface area contributed by atoms with Crippen LogP contribution in [0.25, 0.3) is 11.1 Å². The van der Waals surface area contributed by atoms with Crippen LogP contribution in [0.5, 0.6) is 0 Å². The van der Waals surface area contributed by atoms with Gasteiger partial charge in [0.2, 0.25) is 0 Å². The van der Waals surface area contributed by atoms with Crippen molar-refractivity contribution in [2.45, 2.75) is 0 Å². The van der Waals surface area contributed by atoms with Crippen LogP contribution in [-0.2, 0) is 71.6 Å². The van der Waals surface area contributed by atoms with Gasteiger partial charge in [0.05, 0.1) is 0 Å². The number of hydrogen-bond donors (Lipinski definition) is 0. The molecule has 0 spiro atoms. The molecule has 2 aromatic rings. The molecule has 0 aliphatic rings. The second kappa shape index (κ2) is 13.2. The molecule has 0 aliphatic heterocycles. The van der Waals surface area contributed by atoms with E-state index in [1.807, 2.05) is 60.7 Å². The topological polar surface area (TPSA) is 47.6 Å². The van der Waals surface area contributed by atoms with Crippen LogP contribution in [0.3, 0.4) is 0 Å². The van der Waals surface area contributed by atoms with Gasteiger partial charge in [0.1, 0.15) is 12.1 Å². The van der Waals surface area contributed by atoms with E-state index in [0.717, 1.165) is 11.1 Å². The van der Waals surface area contributed by atoms with Crippen molar-refractivity contribution in [3.63, 3.8) is 0 Å². The van der Waals surface area contributed by atoms with Crippen molar-refractivity contribution >= 4 is 61.7 Å². The van der Waals surface area contributed by atoms with Gasteiger partial charge in [0, 0.05) is 61.6 Å². The van der Waals surface area contributed by atoms with Gasteiger partial charge < -0.3 is 0 Å². The van der Waals surface area contributed by atoms with Crippen LogP contribution in [0.4, 0.5) is 0 Å². The van der Waals surface area contributed by atoms with Crippen molar-refractivity contribution in [2.75, 3.05) is 0 Å². The molecule has 7 heteroatoms. The van der Waals surface area contributed by atoms with Crippen LogP contribution < -0.4 is 0 Å². The fourth-order valence-electron chi connectivity index (χ4n) is 1.74. The van der Waals surface area contributed by atoms with E-state index in [1.165, 1.54) is 0 Å². The molecule has 2 nitrogen and oxygen atoms in total. The first-order chi connectivity index (χ1) is 11.5. The third-order valence-corrected chi connectivity index (χ3v) is 3.85. The number of benzene rings is 2. The fourth-order valence-corrected chi connectivity index (χ4v) is 2.54. The molecule has 0 saturated carbocycles. The Bertz CT molecular complexity index is 740. The Balaban J connectivity index is 0.000000443. The Hall–Kier alpha value is -1.01. The summed E-state index contributed by atoms with van der Waals surface area (Å²) in [6, 6.07) is 23.2. The second-order valence-electron chi connectivity index (χ2n) is 4.46. The molecule has 2 rings (SSSR count). The average molecular weight is 586 g/mol. The van der Waals surface area contributed by atoms with Crippen LogP contribution in [-0.4, -0.2) is 0 Å². The Morgan fingerprint density at radius 1 is 0.600 bits per heavy atom. The van der Waals surface area contributed by atoms with E-state index >= 15 is 0 Å². The molecule has 128 valence electrons. The molecule has 0 radical (unpaired) electrons. The third kappa shape index (κ3) is 8.27. The maximum atomic E-state index is 8.78. The molecule has 2 aromatic carbocycles. The first-order valence-corrected chi connectivity index (χ1v) is 8.77. The summed E-state index contributed by atoms with van der Waals surface area (Å²) in [5.41, 5.74) is 3.01. The van der Waals surface area contributed by atoms with Crippen molar-refractivity contribution in [3.8, 4) is 12.1 Å². The Labute approximate surface area is 184 Å². The quantitative estimate of drug-likeness (QED) is 0.399. The number of allylic oxidation sites excluding steroid dienone is 2. The molecule has 0 aliphatic carbocycles. The van der Waals surface area contributed by atoms with Gasteiger partial charge in [-0.05, 0) is 0 Å². The smallest absolute Gasteiger partial charge is 0.192 e. The molecule has 0 saturated heterocycles. The summed E-state index contributed by atoms with van der Waals surface area (Å²) in [6.45, 7) is 0. The summed E-state index contributed by atoms with van der Waals surface area (Å²) in [4.78, 5) is 0. The monoisotopic (exact) mass is 585 g/mol. The van der Waals surface area contributed by atoms with Crippen molar-refractivity contribution in [1.29, 1.82) is 10.5 Å². The summed E-state index contributed by atoms with van der Waals surface area (Å²) in [7, 11) is 0. The third-order valence-electron chi connectivity index (χ3n) is 2.85. The van der Waals surface area contributed by atoms with Gasteiger partial charge in [0.15, 0.2) is 11.1 Å². The minimum absolute atomic E-state index is 0. The normalized spacial score (nSPS) is 8.40. The molecule has 0 atom stereocenters. The fraction of sp³-hybridized carbons (Fsp3) is 0. The summed E-state index contributed by atoms with van der Waals surface area (Å²) < 4.78 is 1.34. The van der Waals surface area contributed by atoms with Gasteiger partial charge in [-0.1, -0.05) is 60.7 Å². The molecule has 0 bridgehead atoms. The number of nitriles is 2. The SMILES string of the molecule is N#CC(=C([SH2+])[SH2+])c1ccccc1.N#CC(=C([SH2+])[SH2+])c1ccccc1.[Pt+2]. The van der Waals surface area contributed by atoms with Gasteiger partial charge in [0.25, 0.3) is 0 Å². The van der Waals surface area contributed by atoms with Crippen LogP contribution in [0.15, 0.2) is 69.1 Å². The molecule has 0 N–H and O–H groups in total. The number of rotatable bonds is 2. The van der Waals surface area contributed by atoms with Crippen molar-refractivity contribution < 1.29 is 21.1 Å². The minimum atomic E-state index is 0. The van der Waals surface area contributed by atoms with E-state index in [1.54, 1.807) is 0 Å².